The van der Waals surface area contributed by atoms with Crippen LogP contribution in [0.15, 0.2) is 60.8 Å². The molecule has 5 rings (SSSR count). The van der Waals surface area contributed by atoms with Crippen LogP contribution in [0.25, 0.3) is 10.9 Å². The van der Waals surface area contributed by atoms with Crippen LogP contribution in [0.2, 0.25) is 0 Å². The number of aromatic nitrogens is 1. The lowest BCUT2D eigenvalue weighted by molar-refractivity contribution is 0.0203. The van der Waals surface area contributed by atoms with E-state index in [4.69, 9.17) is 4.74 Å². The van der Waals surface area contributed by atoms with Crippen molar-refractivity contribution in [1.82, 2.24) is 14.8 Å². The minimum atomic E-state index is 0.320. The number of aromatic amines is 1. The normalized spacial score (nSPS) is 22.3. The molecule has 158 valence electrons. The molecule has 4 heteroatoms. The summed E-state index contributed by atoms with van der Waals surface area (Å²) in [6.07, 6.45) is 6.16. The van der Waals surface area contributed by atoms with Gasteiger partial charge in [-0.15, -0.1) is 0 Å². The highest BCUT2D eigenvalue weighted by atomic mass is 16.5. The van der Waals surface area contributed by atoms with E-state index < -0.39 is 0 Å². The molecule has 0 saturated carbocycles. The minimum absolute atomic E-state index is 0.320. The van der Waals surface area contributed by atoms with Crippen molar-refractivity contribution < 1.29 is 4.74 Å². The Kier molecular flexibility index (Phi) is 6.16. The van der Waals surface area contributed by atoms with Gasteiger partial charge in [0.25, 0.3) is 0 Å². The smallest absolute Gasteiger partial charge is 0.0828 e. The fourth-order valence-corrected chi connectivity index (χ4v) is 5.21. The van der Waals surface area contributed by atoms with Gasteiger partial charge in [0, 0.05) is 49.9 Å². The number of benzene rings is 2. The van der Waals surface area contributed by atoms with Crippen molar-refractivity contribution in [3.63, 3.8) is 0 Å². The molecule has 4 nitrogen and oxygen atoms in total. The largest absolute Gasteiger partial charge is 0.376 e. The molecule has 1 unspecified atom stereocenters. The van der Waals surface area contributed by atoms with Crippen LogP contribution in [0.3, 0.4) is 0 Å². The van der Waals surface area contributed by atoms with Gasteiger partial charge in [0.1, 0.15) is 0 Å². The summed E-state index contributed by atoms with van der Waals surface area (Å²) in [6.45, 7) is 7.49. The summed E-state index contributed by atoms with van der Waals surface area (Å²) >= 11 is 0. The third-order valence-corrected chi connectivity index (χ3v) is 6.79. The molecule has 2 saturated heterocycles. The number of fused-ring (bicyclic) bond motifs is 1. The molecular weight excluding hydrogens is 370 g/mol. The average molecular weight is 404 g/mol. The Morgan fingerprint density at radius 1 is 0.900 bits per heavy atom. The fraction of sp³-hybridized carbons (Fsp3) is 0.462. The number of ether oxygens (including phenoxy) is 1. The van der Waals surface area contributed by atoms with Crippen molar-refractivity contribution in [2.75, 3.05) is 39.3 Å². The Morgan fingerprint density at radius 3 is 2.57 bits per heavy atom. The van der Waals surface area contributed by atoms with Gasteiger partial charge in [0.05, 0.1) is 6.10 Å². The standard InChI is InChI=1S/C26H33N3O/c1-2-7-21(8-3-1)18-29-13-6-16-30-23(20-29)19-28-14-11-22(12-15-28)25-17-27-26-10-5-4-9-24(25)26/h1-5,7-10,17,22-23,27H,6,11-16,18-20H2. The van der Waals surface area contributed by atoms with Gasteiger partial charge >= 0.3 is 0 Å². The summed E-state index contributed by atoms with van der Waals surface area (Å²) in [5.41, 5.74) is 4.17. The highest BCUT2D eigenvalue weighted by molar-refractivity contribution is 5.83. The summed E-state index contributed by atoms with van der Waals surface area (Å²) < 4.78 is 6.24. The molecule has 0 spiro atoms. The van der Waals surface area contributed by atoms with Gasteiger partial charge in [0.2, 0.25) is 0 Å². The van der Waals surface area contributed by atoms with Crippen LogP contribution in [0.1, 0.15) is 36.3 Å². The second kappa shape index (κ2) is 9.34. The molecular formula is C26H33N3O. The van der Waals surface area contributed by atoms with E-state index in [1.807, 2.05) is 0 Å². The first-order valence-corrected chi connectivity index (χ1v) is 11.5. The van der Waals surface area contributed by atoms with Crippen LogP contribution in [0.4, 0.5) is 0 Å². The Labute approximate surface area is 179 Å². The Morgan fingerprint density at radius 2 is 1.70 bits per heavy atom. The number of H-pyrrole nitrogens is 1. The van der Waals surface area contributed by atoms with E-state index >= 15 is 0 Å². The summed E-state index contributed by atoms with van der Waals surface area (Å²) in [5.74, 6) is 0.669. The highest BCUT2D eigenvalue weighted by Crippen LogP contribution is 2.33. The summed E-state index contributed by atoms with van der Waals surface area (Å²) in [5, 5.41) is 1.40. The van der Waals surface area contributed by atoms with Crippen LogP contribution in [-0.4, -0.2) is 60.2 Å². The molecule has 2 aliphatic rings. The molecule has 1 atom stereocenters. The maximum atomic E-state index is 6.24. The second-order valence-corrected chi connectivity index (χ2v) is 8.93. The zero-order valence-corrected chi connectivity index (χ0v) is 17.8. The average Bonchev–Trinajstić information content (AvgIpc) is 3.10. The van der Waals surface area contributed by atoms with E-state index in [0.717, 1.165) is 39.2 Å². The highest BCUT2D eigenvalue weighted by Gasteiger charge is 2.26. The summed E-state index contributed by atoms with van der Waals surface area (Å²) in [7, 11) is 0. The van der Waals surface area contributed by atoms with Crippen LogP contribution in [0, 0.1) is 0 Å². The van der Waals surface area contributed by atoms with Gasteiger partial charge < -0.3 is 14.6 Å². The summed E-state index contributed by atoms with van der Waals surface area (Å²) in [6, 6.07) is 19.5. The third-order valence-electron chi connectivity index (χ3n) is 6.79. The molecule has 2 fully saturated rings. The molecule has 3 aromatic rings. The Balaban J connectivity index is 1.15. The van der Waals surface area contributed by atoms with E-state index in [0.29, 0.717) is 12.0 Å². The van der Waals surface area contributed by atoms with Crippen molar-refractivity contribution >= 4 is 10.9 Å². The molecule has 0 amide bonds. The van der Waals surface area contributed by atoms with Crippen LogP contribution >= 0.6 is 0 Å². The van der Waals surface area contributed by atoms with Crippen molar-refractivity contribution in [1.29, 1.82) is 0 Å². The lowest BCUT2D eigenvalue weighted by atomic mass is 9.89. The molecule has 0 bridgehead atoms. The van der Waals surface area contributed by atoms with E-state index in [-0.39, 0.29) is 0 Å². The molecule has 0 aliphatic carbocycles. The van der Waals surface area contributed by atoms with Gasteiger partial charge in [-0.3, -0.25) is 4.90 Å². The third kappa shape index (κ3) is 4.61. The predicted molar refractivity (Wildman–Crippen MR) is 123 cm³/mol. The Hall–Kier alpha value is -2.14. The first-order chi connectivity index (χ1) is 14.8. The lowest BCUT2D eigenvalue weighted by Crippen LogP contribution is -2.43. The van der Waals surface area contributed by atoms with E-state index in [1.165, 1.54) is 48.0 Å². The topological polar surface area (TPSA) is 31.5 Å². The number of nitrogens with zero attached hydrogens (tertiary/aromatic N) is 2. The van der Waals surface area contributed by atoms with Gasteiger partial charge in [-0.1, -0.05) is 48.5 Å². The number of para-hydroxylation sites is 1. The molecule has 2 aliphatic heterocycles. The molecule has 0 radical (unpaired) electrons. The predicted octanol–water partition coefficient (Wildman–Crippen LogP) is 4.64. The zero-order chi connectivity index (χ0) is 20.2. The number of hydrogen-bond donors (Lipinski definition) is 1. The maximum absolute atomic E-state index is 6.24. The first-order valence-electron chi connectivity index (χ1n) is 11.5. The minimum Gasteiger partial charge on any atom is -0.376 e. The lowest BCUT2D eigenvalue weighted by Gasteiger charge is -2.34. The Bertz CT molecular complexity index is 930. The monoisotopic (exact) mass is 403 g/mol. The van der Waals surface area contributed by atoms with Gasteiger partial charge in [-0.25, -0.2) is 0 Å². The van der Waals surface area contributed by atoms with Crippen LogP contribution in [-0.2, 0) is 11.3 Å². The number of hydrogen-bond acceptors (Lipinski definition) is 3. The zero-order valence-electron chi connectivity index (χ0n) is 17.8. The van der Waals surface area contributed by atoms with E-state index in [9.17, 15) is 0 Å². The van der Waals surface area contributed by atoms with E-state index in [1.54, 1.807) is 0 Å². The molecule has 1 aromatic heterocycles. The van der Waals surface area contributed by atoms with Crippen molar-refractivity contribution in [3.05, 3.63) is 71.9 Å². The van der Waals surface area contributed by atoms with E-state index in [2.05, 4.69) is 75.6 Å². The van der Waals surface area contributed by atoms with Gasteiger partial charge in [-0.2, -0.15) is 0 Å². The number of likely N-dealkylation sites (tertiary alicyclic amines) is 1. The van der Waals surface area contributed by atoms with Gasteiger partial charge in [0.15, 0.2) is 0 Å². The molecule has 1 N–H and O–H groups in total. The first kappa shape index (κ1) is 19.8. The quantitative estimate of drug-likeness (QED) is 0.673. The number of rotatable bonds is 5. The summed E-state index contributed by atoms with van der Waals surface area (Å²) in [4.78, 5) is 8.66. The molecule has 30 heavy (non-hydrogen) atoms. The SMILES string of the molecule is c1ccc(CN2CCCOC(CN3CCC(c4c[nH]c5ccccc45)CC3)C2)cc1. The van der Waals surface area contributed by atoms with Crippen LogP contribution in [0.5, 0.6) is 0 Å². The maximum Gasteiger partial charge on any atom is 0.0828 e. The number of nitrogens with one attached hydrogen (secondary N) is 1. The molecule has 3 heterocycles. The van der Waals surface area contributed by atoms with Crippen molar-refractivity contribution in [2.24, 2.45) is 0 Å². The van der Waals surface area contributed by atoms with Crippen molar-refractivity contribution in [3.8, 4) is 0 Å². The number of piperidine rings is 1. The fourth-order valence-electron chi connectivity index (χ4n) is 5.21. The van der Waals surface area contributed by atoms with Gasteiger partial charge in [-0.05, 0) is 55.5 Å². The van der Waals surface area contributed by atoms with Crippen LogP contribution < -0.4 is 0 Å². The molecule has 2 aromatic carbocycles. The second-order valence-electron chi connectivity index (χ2n) is 8.93. The van der Waals surface area contributed by atoms with Crippen molar-refractivity contribution in [2.45, 2.75) is 37.8 Å².